The van der Waals surface area contributed by atoms with Crippen LogP contribution >= 0.6 is 12.4 Å². The first-order chi connectivity index (χ1) is 19.5. The number of halogens is 6. The Morgan fingerprint density at radius 2 is 1.41 bits per heavy atom. The minimum absolute atomic E-state index is 0. The second kappa shape index (κ2) is 34.0. The Kier molecular flexibility index (Phi) is 40.0. The third kappa shape index (κ3) is 25.5. The Hall–Kier alpha value is -1.85. The van der Waals surface area contributed by atoms with E-state index in [1.165, 1.54) is 39.1 Å². The number of hydrogen-bond acceptors (Lipinski definition) is 9. The van der Waals surface area contributed by atoms with Crippen LogP contribution in [0.4, 0.5) is 17.6 Å². The zero-order valence-electron chi connectivity index (χ0n) is 26.0. The van der Waals surface area contributed by atoms with Gasteiger partial charge in [-0.25, -0.2) is 32.9 Å². The molecule has 0 saturated carbocycles. The molecule has 10 nitrogen and oxygen atoms in total. The van der Waals surface area contributed by atoms with Gasteiger partial charge in [-0.05, 0) is 44.0 Å². The number of aromatic nitrogens is 2. The molecule has 0 spiro atoms. The third-order valence-corrected chi connectivity index (χ3v) is 4.36. The van der Waals surface area contributed by atoms with Crippen molar-refractivity contribution in [2.45, 2.75) is 46.5 Å². The summed E-state index contributed by atoms with van der Waals surface area (Å²) in [5.41, 5.74) is 1.79. The number of hydroxylamine groups is 3. The minimum atomic E-state index is -2.69. The van der Waals surface area contributed by atoms with Crippen molar-refractivity contribution in [3.8, 4) is 0 Å². The fourth-order valence-corrected chi connectivity index (χ4v) is 2.38. The van der Waals surface area contributed by atoms with Gasteiger partial charge in [0.05, 0.1) is 26.4 Å². The summed E-state index contributed by atoms with van der Waals surface area (Å²) in [5.74, 6) is -1.11. The van der Waals surface area contributed by atoms with E-state index in [0.717, 1.165) is 42.8 Å². The average molecular weight is 690 g/mol. The van der Waals surface area contributed by atoms with Crippen LogP contribution < -0.4 is 17.9 Å². The Bertz CT molecular complexity index is 962. The summed E-state index contributed by atoms with van der Waals surface area (Å²) < 4.78 is 58.5. The topological polar surface area (TPSA) is 112 Å². The van der Waals surface area contributed by atoms with Crippen LogP contribution in [0, 0.1) is 6.42 Å². The first-order valence-corrected chi connectivity index (χ1v) is 12.5. The summed E-state index contributed by atoms with van der Waals surface area (Å²) in [7, 11) is 5.98. The van der Waals surface area contributed by atoms with Crippen LogP contribution in [0.3, 0.4) is 0 Å². The number of rotatable bonds is 7. The Morgan fingerprint density at radius 1 is 1.00 bits per heavy atom. The largest absolute Gasteiger partial charge is 2.00 e. The molecule has 17 heteroatoms. The summed E-state index contributed by atoms with van der Waals surface area (Å²) in [4.78, 5) is 38.4. The molecule has 0 bridgehead atoms. The third-order valence-electron chi connectivity index (χ3n) is 4.36. The summed E-state index contributed by atoms with van der Waals surface area (Å²) in [6.45, 7) is 7.86. The number of carbonyl (C=O) groups excluding carboxylic acids is 2. The second-order valence-electron chi connectivity index (χ2n) is 7.55. The van der Waals surface area contributed by atoms with Crippen LogP contribution in [0.2, 0.25) is 0 Å². The van der Waals surface area contributed by atoms with E-state index in [-0.39, 0.29) is 65.6 Å². The molecule has 1 amide bonds. The summed E-state index contributed by atoms with van der Waals surface area (Å²) in [6.07, 6.45) is 1.52. The first-order valence-electron chi connectivity index (χ1n) is 12.5. The first kappa shape index (κ1) is 51.7. The van der Waals surface area contributed by atoms with E-state index >= 15 is 0 Å². The van der Waals surface area contributed by atoms with Gasteiger partial charge in [0.1, 0.15) is 11.4 Å². The van der Waals surface area contributed by atoms with E-state index in [9.17, 15) is 27.2 Å². The molecule has 1 fully saturated rings. The molecule has 0 radical (unpaired) electrons. The van der Waals surface area contributed by atoms with E-state index in [1.807, 2.05) is 20.3 Å². The molecule has 1 N–H and O–H groups in total. The molecule has 2 aromatic heterocycles. The van der Waals surface area contributed by atoms with Crippen molar-refractivity contribution >= 4 is 47.3 Å². The van der Waals surface area contributed by atoms with Gasteiger partial charge in [-0.2, -0.15) is 13.8 Å². The number of ether oxygens (including phenoxy) is 2. The van der Waals surface area contributed by atoms with Crippen molar-refractivity contribution in [3.05, 3.63) is 65.6 Å². The van der Waals surface area contributed by atoms with E-state index in [2.05, 4.69) is 29.9 Å². The molecular weight excluding hydrogens is 648 g/mol. The number of hydrogen-bond donors (Lipinski definition) is 1. The molecule has 3 rings (SSSR count). The van der Waals surface area contributed by atoms with Crippen LogP contribution in [0.25, 0.3) is 0 Å². The van der Waals surface area contributed by atoms with Crippen molar-refractivity contribution in [2.75, 3.05) is 48.1 Å². The zero-order chi connectivity index (χ0) is 31.6. The predicted octanol–water partition coefficient (Wildman–Crippen LogP) is 2.69. The smallest absolute Gasteiger partial charge is 1.00 e. The van der Waals surface area contributed by atoms with Crippen LogP contribution in [0.5, 0.6) is 0 Å². The summed E-state index contributed by atoms with van der Waals surface area (Å²) in [5, 5.41) is 0.949. The number of alkyl halides is 4. The zero-order valence-corrected chi connectivity index (χ0v) is 29.0. The minimum Gasteiger partial charge on any atom is -1.00 e. The number of nitrogens with zero attached hydrogens (tertiary/aromatic N) is 3. The molecule has 44 heavy (non-hydrogen) atoms. The fourth-order valence-electron chi connectivity index (χ4n) is 2.38. The van der Waals surface area contributed by atoms with Gasteiger partial charge < -0.3 is 33.1 Å². The Balaban J connectivity index is -0.000000161. The molecular formula is C27H42Cl2F4MgN4O6. The van der Waals surface area contributed by atoms with Gasteiger partial charge in [0.25, 0.3) is 18.8 Å². The van der Waals surface area contributed by atoms with Crippen molar-refractivity contribution in [2.24, 2.45) is 0 Å². The Morgan fingerprint density at radius 3 is 1.73 bits per heavy atom. The van der Waals surface area contributed by atoms with Gasteiger partial charge in [-0.1, -0.05) is 0 Å². The fraction of sp³-hybridized carbons (Fsp3) is 0.519. The maximum atomic E-state index is 12.3. The second-order valence-corrected chi connectivity index (χ2v) is 7.55. The molecule has 0 unspecified atom stereocenters. The van der Waals surface area contributed by atoms with Gasteiger partial charge >= 0.3 is 29.0 Å². The van der Waals surface area contributed by atoms with Crippen molar-refractivity contribution in [1.82, 2.24) is 20.5 Å². The van der Waals surface area contributed by atoms with Gasteiger partial charge in [0.15, 0.2) is 0 Å². The average Bonchev–Trinajstić information content (AvgIpc) is 3.58. The van der Waals surface area contributed by atoms with E-state index in [0.29, 0.717) is 0 Å². The van der Waals surface area contributed by atoms with Gasteiger partial charge in [-0.3, -0.25) is 19.6 Å². The molecule has 1 aliphatic heterocycles. The summed E-state index contributed by atoms with van der Waals surface area (Å²) in [6, 6.07) is 4.76. The number of nitrogens with one attached hydrogen (secondary N) is 1. The van der Waals surface area contributed by atoms with Gasteiger partial charge in [0.2, 0.25) is 0 Å². The standard InChI is InChI=1S/C9H10F2N2O2.C9H9F2NO2.C4H8O.C3H7.C2H7NO.2ClH.Mg/c1-13(15-2)9(14)6-3-4-12-7(5-6)8(10)11;1-2-14-9(13)6-3-4-12-7(5-6)8(10)11;1-2-4-5-3-1;1-3-2;1-3-4-2;;;/h3-5,8H,1-2H3;3-5,8H,2H2,1H3;1-4H2;3H,1-2H3;3H,1-2H3;2*1H;/q;;;-1;;;;+2/p-1. The van der Waals surface area contributed by atoms with E-state index < -0.39 is 36.1 Å². The van der Waals surface area contributed by atoms with Gasteiger partial charge in [0, 0.05) is 45.3 Å². The van der Waals surface area contributed by atoms with Crippen LogP contribution in [-0.4, -0.2) is 98.1 Å². The van der Waals surface area contributed by atoms with Gasteiger partial charge in [-0.15, -0.1) is 12.4 Å². The van der Waals surface area contributed by atoms with Crippen LogP contribution in [0.1, 0.15) is 78.6 Å². The maximum absolute atomic E-state index is 12.3. The van der Waals surface area contributed by atoms with E-state index in [1.54, 1.807) is 21.1 Å². The van der Waals surface area contributed by atoms with Crippen molar-refractivity contribution in [1.29, 1.82) is 0 Å². The molecule has 1 saturated heterocycles. The SMILES string of the molecule is C1CCOC1.CCOC(=O)c1ccnc(C(F)F)c1.CNOC.CON(C)C(=O)c1ccnc(C(F)F)c1.C[CH-]C.Cl.[Cl-].[Mg+2]. The monoisotopic (exact) mass is 688 g/mol. The van der Waals surface area contributed by atoms with Crippen LogP contribution in [0.15, 0.2) is 36.7 Å². The molecule has 1 aliphatic rings. The molecule has 0 aromatic carbocycles. The van der Waals surface area contributed by atoms with Crippen molar-refractivity contribution in [3.63, 3.8) is 0 Å². The molecule has 0 aliphatic carbocycles. The molecule has 3 heterocycles. The quantitative estimate of drug-likeness (QED) is 0.154. The number of pyridine rings is 2. The number of esters is 1. The molecule has 0 atom stereocenters. The number of amides is 1. The molecule has 2 aromatic rings. The normalized spacial score (nSPS) is 10.7. The predicted molar refractivity (Wildman–Crippen MR) is 158 cm³/mol. The molecule has 250 valence electrons. The summed E-state index contributed by atoms with van der Waals surface area (Å²) >= 11 is 0. The van der Waals surface area contributed by atoms with Crippen LogP contribution in [-0.2, 0) is 19.1 Å². The number of carbonyl (C=O) groups is 2. The van der Waals surface area contributed by atoms with Crippen molar-refractivity contribution < 1.29 is 58.7 Å². The van der Waals surface area contributed by atoms with E-state index in [4.69, 9.17) is 4.74 Å². The Labute approximate surface area is 285 Å². The maximum Gasteiger partial charge on any atom is 2.00 e.